The van der Waals surface area contributed by atoms with Crippen molar-refractivity contribution in [1.82, 2.24) is 15.0 Å². The summed E-state index contributed by atoms with van der Waals surface area (Å²) in [6, 6.07) is 5.78. The van der Waals surface area contributed by atoms with Crippen molar-refractivity contribution in [2.45, 2.75) is 17.6 Å². The predicted molar refractivity (Wildman–Crippen MR) is 73.8 cm³/mol. The summed E-state index contributed by atoms with van der Waals surface area (Å²) in [5.41, 5.74) is 18.7. The largest absolute Gasteiger partial charge is 0.399 e. The van der Waals surface area contributed by atoms with Gasteiger partial charge in [-0.05, 0) is 24.6 Å². The molecule has 2 aromatic rings. The van der Waals surface area contributed by atoms with Crippen LogP contribution in [0.2, 0.25) is 0 Å². The quantitative estimate of drug-likeness (QED) is 0.562. The topological polar surface area (TPSA) is 117 Å². The van der Waals surface area contributed by atoms with Crippen LogP contribution in [0, 0.1) is 6.92 Å². The van der Waals surface area contributed by atoms with Gasteiger partial charge in [-0.15, -0.1) is 11.8 Å². The van der Waals surface area contributed by atoms with E-state index in [9.17, 15) is 0 Å². The van der Waals surface area contributed by atoms with E-state index >= 15 is 0 Å². The summed E-state index contributed by atoms with van der Waals surface area (Å²) in [6.45, 7) is 2.03. The van der Waals surface area contributed by atoms with Crippen molar-refractivity contribution in [1.29, 1.82) is 0 Å². The van der Waals surface area contributed by atoms with Crippen molar-refractivity contribution in [2.24, 2.45) is 0 Å². The van der Waals surface area contributed by atoms with Gasteiger partial charge in [0.05, 0.1) is 5.75 Å². The molecule has 0 radical (unpaired) electrons. The Morgan fingerprint density at radius 2 is 1.72 bits per heavy atom. The molecule has 0 unspecified atom stereocenters. The third-order valence-electron chi connectivity index (χ3n) is 2.29. The minimum absolute atomic E-state index is 0.141. The van der Waals surface area contributed by atoms with Crippen LogP contribution < -0.4 is 17.2 Å². The van der Waals surface area contributed by atoms with Crippen LogP contribution in [0.3, 0.4) is 0 Å². The predicted octanol–water partition coefficient (Wildman–Crippen LogP) is 1.22. The third-order valence-corrected chi connectivity index (χ3v) is 3.44. The molecule has 0 aliphatic rings. The van der Waals surface area contributed by atoms with E-state index in [2.05, 4.69) is 15.0 Å². The molecule has 1 heterocycles. The van der Waals surface area contributed by atoms with Gasteiger partial charge in [-0.25, -0.2) is 0 Å². The van der Waals surface area contributed by atoms with Gasteiger partial charge >= 0.3 is 0 Å². The number of nitrogens with zero attached hydrogens (tertiary/aromatic N) is 3. The number of aromatic nitrogens is 3. The number of hydrogen-bond donors (Lipinski definition) is 3. The van der Waals surface area contributed by atoms with Gasteiger partial charge in [-0.1, -0.05) is 6.07 Å². The van der Waals surface area contributed by atoms with E-state index < -0.39 is 0 Å². The highest BCUT2D eigenvalue weighted by Crippen LogP contribution is 2.27. The van der Waals surface area contributed by atoms with Crippen LogP contribution in [0.1, 0.15) is 11.4 Å². The van der Waals surface area contributed by atoms with Gasteiger partial charge in [0, 0.05) is 10.6 Å². The number of benzene rings is 1. The normalized spacial score (nSPS) is 10.5. The molecule has 0 fully saturated rings. The van der Waals surface area contributed by atoms with Crippen LogP contribution in [0.5, 0.6) is 0 Å². The van der Waals surface area contributed by atoms with Gasteiger partial charge in [0.25, 0.3) is 0 Å². The van der Waals surface area contributed by atoms with E-state index in [1.54, 1.807) is 11.8 Å². The highest BCUT2D eigenvalue weighted by Gasteiger charge is 2.05. The summed E-state index contributed by atoms with van der Waals surface area (Å²) >= 11 is 1.59. The first kappa shape index (κ1) is 12.4. The van der Waals surface area contributed by atoms with Crippen LogP contribution in [-0.4, -0.2) is 15.0 Å². The fourth-order valence-corrected chi connectivity index (χ4v) is 2.36. The van der Waals surface area contributed by atoms with E-state index in [0.29, 0.717) is 11.6 Å². The van der Waals surface area contributed by atoms with Gasteiger partial charge in [0.2, 0.25) is 11.9 Å². The zero-order valence-corrected chi connectivity index (χ0v) is 10.7. The second kappa shape index (κ2) is 5.09. The molecule has 0 aliphatic heterocycles. The highest BCUT2D eigenvalue weighted by molar-refractivity contribution is 7.98. The van der Waals surface area contributed by atoms with E-state index in [-0.39, 0.29) is 11.9 Å². The van der Waals surface area contributed by atoms with Crippen molar-refractivity contribution >= 4 is 29.3 Å². The van der Waals surface area contributed by atoms with Gasteiger partial charge in [-0.3, -0.25) is 0 Å². The number of nitrogens with two attached hydrogens (primary N) is 3. The van der Waals surface area contributed by atoms with Crippen molar-refractivity contribution in [3.8, 4) is 0 Å². The molecule has 2 rings (SSSR count). The smallest absolute Gasteiger partial charge is 0.225 e. The van der Waals surface area contributed by atoms with E-state index in [1.807, 2.05) is 25.1 Å². The molecule has 0 amide bonds. The molecule has 94 valence electrons. The van der Waals surface area contributed by atoms with Crippen LogP contribution in [0.4, 0.5) is 17.6 Å². The lowest BCUT2D eigenvalue weighted by Gasteiger charge is -2.06. The number of nitrogen functional groups attached to an aromatic ring is 3. The third kappa shape index (κ3) is 3.01. The molecule has 6 N–H and O–H groups in total. The molecule has 0 saturated carbocycles. The van der Waals surface area contributed by atoms with Gasteiger partial charge in [0.1, 0.15) is 5.82 Å². The summed E-state index contributed by atoms with van der Waals surface area (Å²) in [6.07, 6.45) is 0. The van der Waals surface area contributed by atoms with Crippen molar-refractivity contribution in [2.75, 3.05) is 17.2 Å². The minimum atomic E-state index is 0.141. The van der Waals surface area contributed by atoms with E-state index in [1.165, 1.54) is 0 Å². The Morgan fingerprint density at radius 1 is 1.06 bits per heavy atom. The van der Waals surface area contributed by atoms with Crippen LogP contribution >= 0.6 is 11.8 Å². The Kier molecular flexibility index (Phi) is 3.52. The zero-order chi connectivity index (χ0) is 13.1. The molecule has 1 aromatic heterocycles. The van der Waals surface area contributed by atoms with Crippen molar-refractivity contribution < 1.29 is 0 Å². The molecule has 0 bridgehead atoms. The summed E-state index contributed by atoms with van der Waals surface area (Å²) in [7, 11) is 0. The number of anilines is 3. The fraction of sp³-hybridized carbons (Fsp3) is 0.182. The van der Waals surface area contributed by atoms with Gasteiger partial charge in [0.15, 0.2) is 0 Å². The molecular weight excluding hydrogens is 248 g/mol. The SMILES string of the molecule is Cc1ccc(N)cc1SCc1nc(N)nc(N)n1. The lowest BCUT2D eigenvalue weighted by atomic mass is 10.2. The van der Waals surface area contributed by atoms with E-state index in [0.717, 1.165) is 16.1 Å². The molecule has 0 atom stereocenters. The number of thioether (sulfide) groups is 1. The molecule has 0 spiro atoms. The Hall–Kier alpha value is -2.02. The Balaban J connectivity index is 2.13. The van der Waals surface area contributed by atoms with Crippen molar-refractivity contribution in [3.63, 3.8) is 0 Å². The van der Waals surface area contributed by atoms with E-state index in [4.69, 9.17) is 17.2 Å². The van der Waals surface area contributed by atoms with Crippen LogP contribution in [0.15, 0.2) is 23.1 Å². The number of aryl methyl sites for hydroxylation is 1. The first-order valence-electron chi connectivity index (χ1n) is 5.29. The average molecular weight is 262 g/mol. The van der Waals surface area contributed by atoms with Crippen LogP contribution in [0.25, 0.3) is 0 Å². The summed E-state index contributed by atoms with van der Waals surface area (Å²) < 4.78 is 0. The standard InChI is InChI=1S/C11H14N6S/c1-6-2-3-7(12)4-8(6)18-5-9-15-10(13)17-11(14)16-9/h2-4H,5,12H2,1H3,(H4,13,14,15,16,17). The summed E-state index contributed by atoms with van der Waals surface area (Å²) in [5.74, 6) is 1.41. The maximum absolute atomic E-state index is 5.75. The first-order chi connectivity index (χ1) is 8.54. The summed E-state index contributed by atoms with van der Waals surface area (Å²) in [4.78, 5) is 12.9. The average Bonchev–Trinajstić information content (AvgIpc) is 2.29. The lowest BCUT2D eigenvalue weighted by molar-refractivity contribution is 0.987. The lowest BCUT2D eigenvalue weighted by Crippen LogP contribution is -2.06. The maximum atomic E-state index is 5.75. The highest BCUT2D eigenvalue weighted by atomic mass is 32.2. The molecular formula is C11H14N6S. The molecule has 6 nitrogen and oxygen atoms in total. The molecule has 7 heteroatoms. The molecule has 1 aromatic carbocycles. The molecule has 18 heavy (non-hydrogen) atoms. The first-order valence-corrected chi connectivity index (χ1v) is 6.28. The zero-order valence-electron chi connectivity index (χ0n) is 9.92. The molecule has 0 aliphatic carbocycles. The van der Waals surface area contributed by atoms with Gasteiger partial charge in [-0.2, -0.15) is 15.0 Å². The van der Waals surface area contributed by atoms with Gasteiger partial charge < -0.3 is 17.2 Å². The maximum Gasteiger partial charge on any atom is 0.225 e. The Morgan fingerprint density at radius 3 is 2.39 bits per heavy atom. The minimum Gasteiger partial charge on any atom is -0.399 e. The monoisotopic (exact) mass is 262 g/mol. The Bertz CT molecular complexity index is 551. The fourth-order valence-electron chi connectivity index (χ4n) is 1.44. The van der Waals surface area contributed by atoms with Crippen LogP contribution in [-0.2, 0) is 5.75 Å². The molecule has 0 saturated heterocycles. The number of rotatable bonds is 3. The number of hydrogen-bond acceptors (Lipinski definition) is 7. The summed E-state index contributed by atoms with van der Waals surface area (Å²) in [5, 5.41) is 0. The van der Waals surface area contributed by atoms with Crippen molar-refractivity contribution in [3.05, 3.63) is 29.6 Å². The Labute approximate surface area is 109 Å². The second-order valence-corrected chi connectivity index (χ2v) is 4.80. The second-order valence-electron chi connectivity index (χ2n) is 3.78.